The van der Waals surface area contributed by atoms with Gasteiger partial charge in [0.2, 0.25) is 0 Å². The lowest BCUT2D eigenvalue weighted by Gasteiger charge is -2.20. The van der Waals surface area contributed by atoms with Crippen LogP contribution in [0.25, 0.3) is 0 Å². The molecule has 1 N–H and O–H groups in total. The number of hydrogen-bond acceptors (Lipinski definition) is 7. The number of aryl methyl sites for hydroxylation is 1. The second-order valence-electron chi connectivity index (χ2n) is 5.38. The highest BCUT2D eigenvalue weighted by Gasteiger charge is 2.28. The van der Waals surface area contributed by atoms with Crippen LogP contribution in [0.5, 0.6) is 17.2 Å². The molecule has 0 bridgehead atoms. The fraction of sp³-hybridized carbons (Fsp3) is 0.333. The van der Waals surface area contributed by atoms with E-state index in [2.05, 4.69) is 0 Å². The molecule has 0 radical (unpaired) electrons. The van der Waals surface area contributed by atoms with Crippen LogP contribution in [0.2, 0.25) is 0 Å². The van der Waals surface area contributed by atoms with Gasteiger partial charge in [0.05, 0.1) is 33.3 Å². The Kier molecular flexibility index (Phi) is 5.69. The Morgan fingerprint density at radius 3 is 2.48 bits per heavy atom. The van der Waals surface area contributed by atoms with Crippen LogP contribution in [-0.2, 0) is 9.53 Å². The van der Waals surface area contributed by atoms with Gasteiger partial charge in [-0.3, -0.25) is 4.79 Å². The number of methoxy groups -OCH3 is 3. The van der Waals surface area contributed by atoms with Gasteiger partial charge in [0.1, 0.15) is 23.0 Å². The zero-order chi connectivity index (χ0) is 18.6. The van der Waals surface area contributed by atoms with Gasteiger partial charge < -0.3 is 23.7 Å². The smallest absolute Gasteiger partial charge is 0.343 e. The Balaban J connectivity index is 2.66. The Morgan fingerprint density at radius 1 is 1.20 bits per heavy atom. The minimum atomic E-state index is -0.801. The molecule has 1 aromatic carbocycles. The first-order valence-corrected chi connectivity index (χ1v) is 7.53. The average molecular weight is 348 g/mol. The van der Waals surface area contributed by atoms with Crippen molar-refractivity contribution in [3.63, 3.8) is 0 Å². The lowest BCUT2D eigenvalue weighted by Crippen LogP contribution is -2.18. The summed E-state index contributed by atoms with van der Waals surface area (Å²) in [5.74, 6) is -0.358. The zero-order valence-electron chi connectivity index (χ0n) is 14.5. The molecule has 7 nitrogen and oxygen atoms in total. The van der Waals surface area contributed by atoms with Crippen molar-refractivity contribution in [3.05, 3.63) is 51.6 Å². The van der Waals surface area contributed by atoms with E-state index in [0.717, 1.165) is 0 Å². The Labute approximate surface area is 144 Å². The van der Waals surface area contributed by atoms with E-state index in [1.54, 1.807) is 25.1 Å². The maximum Gasteiger partial charge on any atom is 0.343 e. The molecule has 0 saturated carbocycles. The highest BCUT2D eigenvalue weighted by atomic mass is 16.5. The second-order valence-corrected chi connectivity index (χ2v) is 5.38. The molecule has 25 heavy (non-hydrogen) atoms. The molecular formula is C18H20O7. The van der Waals surface area contributed by atoms with Crippen LogP contribution in [0.1, 0.15) is 29.2 Å². The normalized spacial score (nSPS) is 11.7. The predicted molar refractivity (Wildman–Crippen MR) is 89.4 cm³/mol. The molecule has 0 aliphatic rings. The largest absolute Gasteiger partial charge is 0.507 e. The number of ether oxygens (including phenoxy) is 3. The van der Waals surface area contributed by atoms with Gasteiger partial charge in [-0.25, -0.2) is 4.79 Å². The van der Waals surface area contributed by atoms with E-state index in [0.29, 0.717) is 17.1 Å². The van der Waals surface area contributed by atoms with Crippen molar-refractivity contribution in [1.82, 2.24) is 0 Å². The van der Waals surface area contributed by atoms with Crippen LogP contribution in [0, 0.1) is 6.92 Å². The van der Waals surface area contributed by atoms with E-state index in [1.165, 1.54) is 27.4 Å². The quantitative estimate of drug-likeness (QED) is 0.801. The lowest BCUT2D eigenvalue weighted by atomic mass is 9.88. The number of carbonyl (C=O) groups excluding carboxylic acids is 1. The summed E-state index contributed by atoms with van der Waals surface area (Å²) in [6.07, 6.45) is -0.166. The number of carbonyl (C=O) groups is 1. The molecule has 0 saturated heterocycles. The van der Waals surface area contributed by atoms with Crippen LogP contribution >= 0.6 is 0 Å². The first-order valence-electron chi connectivity index (χ1n) is 7.53. The summed E-state index contributed by atoms with van der Waals surface area (Å²) in [5.41, 5.74) is -0.219. The van der Waals surface area contributed by atoms with Crippen molar-refractivity contribution < 1.29 is 28.5 Å². The third-order valence-electron chi connectivity index (χ3n) is 3.85. The summed E-state index contributed by atoms with van der Waals surface area (Å²) >= 11 is 0. The molecule has 0 amide bonds. The number of rotatable bonds is 6. The molecule has 1 aromatic heterocycles. The summed E-state index contributed by atoms with van der Waals surface area (Å²) in [6.45, 7) is 1.55. The molecule has 2 rings (SSSR count). The standard InChI is InChI=1S/C18H20O7/c1-10-7-14(19)17(18(21)25-10)13(9-16(20)24-4)12-6-5-11(22-2)8-15(12)23-3/h5-8,13,19H,9H2,1-4H3/t13-/m0/s1. The van der Waals surface area contributed by atoms with Crippen molar-refractivity contribution in [2.75, 3.05) is 21.3 Å². The maximum absolute atomic E-state index is 12.3. The van der Waals surface area contributed by atoms with E-state index >= 15 is 0 Å². The molecule has 1 atom stereocenters. The SMILES string of the molecule is COC(=O)C[C@@H](c1ccc(OC)cc1OC)c1c(O)cc(C)oc1=O. The van der Waals surface area contributed by atoms with Crippen molar-refractivity contribution in [2.45, 2.75) is 19.3 Å². The highest BCUT2D eigenvalue weighted by Crippen LogP contribution is 2.38. The highest BCUT2D eigenvalue weighted by molar-refractivity contribution is 5.72. The van der Waals surface area contributed by atoms with Gasteiger partial charge in [-0.2, -0.15) is 0 Å². The van der Waals surface area contributed by atoms with Crippen molar-refractivity contribution in [1.29, 1.82) is 0 Å². The van der Waals surface area contributed by atoms with Gasteiger partial charge in [0, 0.05) is 23.6 Å². The molecule has 7 heteroatoms. The third kappa shape index (κ3) is 3.93. The number of hydrogen-bond donors (Lipinski definition) is 1. The molecule has 0 aliphatic carbocycles. The van der Waals surface area contributed by atoms with E-state index in [4.69, 9.17) is 18.6 Å². The average Bonchev–Trinajstić information content (AvgIpc) is 2.59. The minimum Gasteiger partial charge on any atom is -0.507 e. The van der Waals surface area contributed by atoms with Gasteiger partial charge in [-0.1, -0.05) is 6.07 Å². The summed E-state index contributed by atoms with van der Waals surface area (Å²) in [4.78, 5) is 24.2. The second kappa shape index (κ2) is 7.74. The molecule has 0 fully saturated rings. The number of benzene rings is 1. The van der Waals surface area contributed by atoms with Gasteiger partial charge in [0.25, 0.3) is 0 Å². The van der Waals surface area contributed by atoms with E-state index in [1.807, 2.05) is 0 Å². The molecule has 1 heterocycles. The summed E-state index contributed by atoms with van der Waals surface area (Å²) in [6, 6.07) is 6.31. The van der Waals surface area contributed by atoms with Crippen molar-refractivity contribution in [3.8, 4) is 17.2 Å². The van der Waals surface area contributed by atoms with Crippen LogP contribution in [0.3, 0.4) is 0 Å². The fourth-order valence-corrected chi connectivity index (χ4v) is 2.65. The lowest BCUT2D eigenvalue weighted by molar-refractivity contribution is -0.140. The van der Waals surface area contributed by atoms with Gasteiger partial charge in [-0.15, -0.1) is 0 Å². The zero-order valence-corrected chi connectivity index (χ0v) is 14.5. The van der Waals surface area contributed by atoms with E-state index in [-0.39, 0.29) is 23.5 Å². The first-order chi connectivity index (χ1) is 11.9. The van der Waals surface area contributed by atoms with Crippen LogP contribution in [-0.4, -0.2) is 32.4 Å². The molecule has 0 aliphatic heterocycles. The Hall–Kier alpha value is -2.96. The maximum atomic E-state index is 12.3. The minimum absolute atomic E-state index is 0.0283. The van der Waals surface area contributed by atoms with Crippen molar-refractivity contribution in [2.24, 2.45) is 0 Å². The van der Waals surface area contributed by atoms with Crippen molar-refractivity contribution >= 4 is 5.97 Å². The number of aromatic hydroxyl groups is 1. The topological polar surface area (TPSA) is 95.2 Å². The molecule has 0 unspecified atom stereocenters. The Morgan fingerprint density at radius 2 is 1.92 bits per heavy atom. The third-order valence-corrected chi connectivity index (χ3v) is 3.85. The Bertz CT molecular complexity index is 823. The first kappa shape index (κ1) is 18.4. The van der Waals surface area contributed by atoms with Gasteiger partial charge in [0.15, 0.2) is 0 Å². The fourth-order valence-electron chi connectivity index (χ4n) is 2.65. The molecule has 134 valence electrons. The van der Waals surface area contributed by atoms with E-state index in [9.17, 15) is 14.7 Å². The summed E-state index contributed by atoms with van der Waals surface area (Å²) in [5, 5.41) is 10.3. The van der Waals surface area contributed by atoms with E-state index < -0.39 is 17.5 Å². The number of esters is 1. The summed E-state index contributed by atoms with van der Waals surface area (Å²) < 4.78 is 20.3. The van der Waals surface area contributed by atoms with Crippen LogP contribution < -0.4 is 15.1 Å². The summed E-state index contributed by atoms with van der Waals surface area (Å²) in [7, 11) is 4.23. The molecule has 2 aromatic rings. The predicted octanol–water partition coefficient (Wildman–Crippen LogP) is 2.37. The monoisotopic (exact) mass is 348 g/mol. The van der Waals surface area contributed by atoms with Crippen LogP contribution in [0.4, 0.5) is 0 Å². The van der Waals surface area contributed by atoms with Crippen LogP contribution in [0.15, 0.2) is 33.5 Å². The van der Waals surface area contributed by atoms with Gasteiger partial charge >= 0.3 is 11.6 Å². The molecule has 0 spiro atoms. The molecular weight excluding hydrogens is 328 g/mol. The van der Waals surface area contributed by atoms with Gasteiger partial charge in [-0.05, 0) is 13.0 Å².